The predicted octanol–water partition coefficient (Wildman–Crippen LogP) is 4.60. The van der Waals surface area contributed by atoms with E-state index in [9.17, 15) is 9.18 Å². The number of rotatable bonds is 3. The van der Waals surface area contributed by atoms with Gasteiger partial charge in [0.2, 0.25) is 0 Å². The summed E-state index contributed by atoms with van der Waals surface area (Å²) in [6.07, 6.45) is 0. The van der Waals surface area contributed by atoms with E-state index in [2.05, 4.69) is 0 Å². The molecule has 0 spiro atoms. The van der Waals surface area contributed by atoms with Crippen molar-refractivity contribution in [3.8, 4) is 0 Å². The summed E-state index contributed by atoms with van der Waals surface area (Å²) in [5.41, 5.74) is 1.92. The van der Waals surface area contributed by atoms with E-state index < -0.39 is 5.41 Å². The van der Waals surface area contributed by atoms with Crippen molar-refractivity contribution in [2.24, 2.45) is 0 Å². The van der Waals surface area contributed by atoms with Crippen LogP contribution in [0.15, 0.2) is 42.5 Å². The number of hydrogen-bond donors (Lipinski definition) is 0. The Bertz CT molecular complexity index is 619. The van der Waals surface area contributed by atoms with Gasteiger partial charge in [0.1, 0.15) is 5.82 Å². The van der Waals surface area contributed by atoms with Gasteiger partial charge in [-0.05, 0) is 56.5 Å². The van der Waals surface area contributed by atoms with Crippen LogP contribution in [0.25, 0.3) is 0 Å². The van der Waals surface area contributed by atoms with E-state index in [0.717, 1.165) is 5.56 Å². The highest BCUT2D eigenvalue weighted by atomic mass is 19.1. The molecule has 104 valence electrons. The minimum absolute atomic E-state index is 0.00917. The third-order valence-electron chi connectivity index (χ3n) is 3.76. The summed E-state index contributed by atoms with van der Waals surface area (Å²) >= 11 is 0. The standard InChI is InChI=1S/C18H19FO/c1-12-10-14(11-13(2)16(12)19)17(20)18(3,4)15-8-6-5-7-9-15/h5-11H,1-4H3. The Balaban J connectivity index is 2.46. The number of aryl methyl sites for hydroxylation is 2. The maximum atomic E-state index is 13.7. The molecule has 0 N–H and O–H groups in total. The number of ketones is 1. The van der Waals surface area contributed by atoms with E-state index in [-0.39, 0.29) is 11.6 Å². The number of hydrogen-bond acceptors (Lipinski definition) is 1. The van der Waals surface area contributed by atoms with E-state index in [0.29, 0.717) is 16.7 Å². The van der Waals surface area contributed by atoms with Crippen LogP contribution in [0, 0.1) is 19.7 Å². The van der Waals surface area contributed by atoms with Gasteiger partial charge in [-0.2, -0.15) is 0 Å². The molecule has 0 heterocycles. The lowest BCUT2D eigenvalue weighted by molar-refractivity contribution is 0.0908. The lowest BCUT2D eigenvalue weighted by Gasteiger charge is -2.24. The van der Waals surface area contributed by atoms with Crippen LogP contribution in [0.1, 0.15) is 40.9 Å². The Labute approximate surface area is 119 Å². The highest BCUT2D eigenvalue weighted by Crippen LogP contribution is 2.28. The molecule has 0 saturated carbocycles. The second kappa shape index (κ2) is 5.20. The zero-order valence-corrected chi connectivity index (χ0v) is 12.3. The average Bonchev–Trinajstić information content (AvgIpc) is 2.44. The third kappa shape index (κ3) is 2.51. The van der Waals surface area contributed by atoms with Crippen LogP contribution < -0.4 is 0 Å². The van der Waals surface area contributed by atoms with Gasteiger partial charge in [-0.25, -0.2) is 4.39 Å². The summed E-state index contributed by atoms with van der Waals surface area (Å²) < 4.78 is 13.7. The van der Waals surface area contributed by atoms with Crippen LogP contribution in [-0.4, -0.2) is 5.78 Å². The molecular weight excluding hydrogens is 251 g/mol. The van der Waals surface area contributed by atoms with Crippen molar-refractivity contribution in [2.45, 2.75) is 33.1 Å². The van der Waals surface area contributed by atoms with Gasteiger partial charge in [0, 0.05) is 5.56 Å². The molecule has 0 aliphatic carbocycles. The van der Waals surface area contributed by atoms with Crippen LogP contribution in [0.5, 0.6) is 0 Å². The molecule has 1 nitrogen and oxygen atoms in total. The Morgan fingerprint density at radius 1 is 1.00 bits per heavy atom. The van der Waals surface area contributed by atoms with Crippen LogP contribution in [0.4, 0.5) is 4.39 Å². The molecule has 2 rings (SSSR count). The average molecular weight is 270 g/mol. The van der Waals surface area contributed by atoms with Crippen molar-refractivity contribution in [1.82, 2.24) is 0 Å². The van der Waals surface area contributed by atoms with E-state index in [1.54, 1.807) is 26.0 Å². The predicted molar refractivity (Wildman–Crippen MR) is 79.7 cm³/mol. The minimum Gasteiger partial charge on any atom is -0.293 e. The zero-order chi connectivity index (χ0) is 14.9. The van der Waals surface area contributed by atoms with Crippen molar-refractivity contribution >= 4 is 5.78 Å². The van der Waals surface area contributed by atoms with Gasteiger partial charge in [0.05, 0.1) is 5.41 Å². The highest BCUT2D eigenvalue weighted by Gasteiger charge is 2.30. The molecule has 20 heavy (non-hydrogen) atoms. The molecule has 0 aliphatic rings. The largest absolute Gasteiger partial charge is 0.293 e. The molecule has 0 aromatic heterocycles. The molecular formula is C18H19FO. The zero-order valence-electron chi connectivity index (χ0n) is 12.3. The van der Waals surface area contributed by atoms with Crippen LogP contribution in [0.2, 0.25) is 0 Å². The van der Waals surface area contributed by atoms with E-state index >= 15 is 0 Å². The Kier molecular flexibility index (Phi) is 3.76. The van der Waals surface area contributed by atoms with Crippen LogP contribution >= 0.6 is 0 Å². The number of benzene rings is 2. The number of Topliss-reactive ketones (excluding diaryl/α,β-unsaturated/α-hetero) is 1. The maximum Gasteiger partial charge on any atom is 0.172 e. The second-order valence-corrected chi connectivity index (χ2v) is 5.74. The molecule has 2 heteroatoms. The van der Waals surface area contributed by atoms with E-state index in [1.165, 1.54) is 0 Å². The van der Waals surface area contributed by atoms with Gasteiger partial charge in [-0.15, -0.1) is 0 Å². The summed E-state index contributed by atoms with van der Waals surface area (Å²) in [5, 5.41) is 0. The quantitative estimate of drug-likeness (QED) is 0.745. The molecule has 0 amide bonds. The molecule has 2 aromatic rings. The Morgan fingerprint density at radius 2 is 1.50 bits per heavy atom. The summed E-state index contributed by atoms with van der Waals surface area (Å²) in [5.74, 6) is -0.228. The minimum atomic E-state index is -0.627. The fourth-order valence-corrected chi connectivity index (χ4v) is 2.42. The maximum absolute atomic E-state index is 13.7. The molecule has 2 aromatic carbocycles. The normalized spacial score (nSPS) is 11.4. The molecule has 0 saturated heterocycles. The van der Waals surface area contributed by atoms with Gasteiger partial charge in [-0.3, -0.25) is 4.79 Å². The fraction of sp³-hybridized carbons (Fsp3) is 0.278. The van der Waals surface area contributed by atoms with E-state index in [1.807, 2.05) is 44.2 Å². The molecule has 0 unspecified atom stereocenters. The topological polar surface area (TPSA) is 17.1 Å². The Morgan fingerprint density at radius 3 is 2.00 bits per heavy atom. The first-order valence-electron chi connectivity index (χ1n) is 6.71. The second-order valence-electron chi connectivity index (χ2n) is 5.74. The molecule has 0 radical (unpaired) electrons. The summed E-state index contributed by atoms with van der Waals surface area (Å²) in [6, 6.07) is 12.9. The number of carbonyl (C=O) groups excluding carboxylic acids is 1. The van der Waals surface area contributed by atoms with Gasteiger partial charge in [-0.1, -0.05) is 30.3 Å². The van der Waals surface area contributed by atoms with Crippen LogP contribution in [0.3, 0.4) is 0 Å². The fourth-order valence-electron chi connectivity index (χ4n) is 2.42. The van der Waals surface area contributed by atoms with Crippen molar-refractivity contribution < 1.29 is 9.18 Å². The summed E-state index contributed by atoms with van der Waals surface area (Å²) in [7, 11) is 0. The lowest BCUT2D eigenvalue weighted by Crippen LogP contribution is -2.29. The van der Waals surface area contributed by atoms with Gasteiger partial charge >= 0.3 is 0 Å². The highest BCUT2D eigenvalue weighted by molar-refractivity contribution is 6.03. The van der Waals surface area contributed by atoms with E-state index in [4.69, 9.17) is 0 Å². The molecule has 0 atom stereocenters. The first-order valence-corrected chi connectivity index (χ1v) is 6.71. The third-order valence-corrected chi connectivity index (χ3v) is 3.76. The van der Waals surface area contributed by atoms with Gasteiger partial charge in [0.25, 0.3) is 0 Å². The summed E-state index contributed by atoms with van der Waals surface area (Å²) in [4.78, 5) is 12.8. The molecule has 0 bridgehead atoms. The summed E-state index contributed by atoms with van der Waals surface area (Å²) in [6.45, 7) is 7.18. The van der Waals surface area contributed by atoms with Crippen molar-refractivity contribution in [3.05, 3.63) is 70.5 Å². The first-order chi connectivity index (χ1) is 9.34. The first kappa shape index (κ1) is 14.4. The molecule has 0 fully saturated rings. The SMILES string of the molecule is Cc1cc(C(=O)C(C)(C)c2ccccc2)cc(C)c1F. The van der Waals surface area contributed by atoms with Crippen LogP contribution in [-0.2, 0) is 5.41 Å². The van der Waals surface area contributed by atoms with Crippen molar-refractivity contribution in [2.75, 3.05) is 0 Å². The smallest absolute Gasteiger partial charge is 0.172 e. The van der Waals surface area contributed by atoms with Gasteiger partial charge in [0.15, 0.2) is 5.78 Å². The monoisotopic (exact) mass is 270 g/mol. The Hall–Kier alpha value is -1.96. The van der Waals surface area contributed by atoms with Crippen molar-refractivity contribution in [1.29, 1.82) is 0 Å². The number of carbonyl (C=O) groups is 1. The molecule has 0 aliphatic heterocycles. The van der Waals surface area contributed by atoms with Crippen molar-refractivity contribution in [3.63, 3.8) is 0 Å². The van der Waals surface area contributed by atoms with Gasteiger partial charge < -0.3 is 0 Å². The lowest BCUT2D eigenvalue weighted by atomic mass is 9.77. The number of halogens is 1.